The van der Waals surface area contributed by atoms with Crippen LogP contribution in [-0.4, -0.2) is 49.6 Å². The van der Waals surface area contributed by atoms with Crippen LogP contribution in [0.3, 0.4) is 0 Å². The number of amides is 2. The fourth-order valence-corrected chi connectivity index (χ4v) is 4.26. The summed E-state index contributed by atoms with van der Waals surface area (Å²) < 4.78 is 1.78. The van der Waals surface area contributed by atoms with Gasteiger partial charge in [0.15, 0.2) is 0 Å². The molecular weight excluding hydrogens is 368 g/mol. The van der Waals surface area contributed by atoms with Gasteiger partial charge in [-0.25, -0.2) is 4.98 Å². The number of hydrogen-bond donors (Lipinski definition) is 2. The molecule has 8 nitrogen and oxygen atoms in total. The molecule has 0 bridgehead atoms. The summed E-state index contributed by atoms with van der Waals surface area (Å²) in [5.74, 6) is -0.473. The lowest BCUT2D eigenvalue weighted by atomic mass is 9.93. The average Bonchev–Trinajstić information content (AvgIpc) is 3.38. The molecule has 1 aliphatic heterocycles. The number of aromatic amines is 1. The van der Waals surface area contributed by atoms with Crippen molar-refractivity contribution >= 4 is 22.8 Å². The van der Waals surface area contributed by atoms with E-state index in [2.05, 4.69) is 20.4 Å². The van der Waals surface area contributed by atoms with E-state index in [4.69, 9.17) is 0 Å². The Bertz CT molecular complexity index is 1050. The number of rotatable bonds is 6. The van der Waals surface area contributed by atoms with Crippen LogP contribution < -0.4 is 5.32 Å². The largest absolute Gasteiger partial charge is 0.355 e. The Morgan fingerprint density at radius 1 is 1.41 bits per heavy atom. The van der Waals surface area contributed by atoms with Gasteiger partial charge in [0.2, 0.25) is 11.8 Å². The average molecular weight is 394 g/mol. The Kier molecular flexibility index (Phi) is 5.08. The van der Waals surface area contributed by atoms with Crippen LogP contribution in [0, 0.1) is 12.8 Å². The molecule has 0 aliphatic carbocycles. The molecule has 152 valence electrons. The highest BCUT2D eigenvalue weighted by atomic mass is 16.2. The lowest BCUT2D eigenvalue weighted by Gasteiger charge is -2.26. The van der Waals surface area contributed by atoms with Crippen molar-refractivity contribution in [2.45, 2.75) is 32.7 Å². The third-order valence-electron chi connectivity index (χ3n) is 5.93. The molecule has 1 saturated heterocycles. The van der Waals surface area contributed by atoms with Crippen LogP contribution >= 0.6 is 0 Å². The predicted molar refractivity (Wildman–Crippen MR) is 109 cm³/mol. The van der Waals surface area contributed by atoms with Crippen LogP contribution in [-0.2, 0) is 23.1 Å². The molecule has 2 N–H and O–H groups in total. The van der Waals surface area contributed by atoms with Crippen LogP contribution in [0.2, 0.25) is 0 Å². The molecule has 1 aliphatic rings. The van der Waals surface area contributed by atoms with E-state index >= 15 is 0 Å². The first-order valence-corrected chi connectivity index (χ1v) is 9.98. The number of pyridine rings is 1. The molecule has 0 saturated carbocycles. The molecule has 0 radical (unpaired) electrons. The van der Waals surface area contributed by atoms with Crippen molar-refractivity contribution < 1.29 is 9.59 Å². The zero-order chi connectivity index (χ0) is 20.5. The molecule has 0 unspecified atom stereocenters. The first-order valence-electron chi connectivity index (χ1n) is 9.98. The molecule has 0 spiro atoms. The van der Waals surface area contributed by atoms with Crippen molar-refractivity contribution in [2.75, 3.05) is 13.1 Å². The zero-order valence-corrected chi connectivity index (χ0v) is 17.0. The molecule has 2 atom stereocenters. The minimum Gasteiger partial charge on any atom is -0.355 e. The van der Waals surface area contributed by atoms with Gasteiger partial charge in [0.1, 0.15) is 5.65 Å². The van der Waals surface area contributed by atoms with Gasteiger partial charge in [-0.15, -0.1) is 0 Å². The standard InChI is InChI=1S/C21H26N6O2/c1-4-27-18(28)10-16(19(27)17-12-25-26(3)13(17)2)21(29)23-9-7-14-11-24-20-15(14)6-5-8-22-20/h5-6,8,11-12,16,19H,4,7,9-10H2,1-3H3,(H,22,24)(H,23,29)/t16-,19-/m0/s1. The lowest BCUT2D eigenvalue weighted by Crippen LogP contribution is -2.36. The zero-order valence-electron chi connectivity index (χ0n) is 17.0. The number of carbonyl (C=O) groups excluding carboxylic acids is 2. The van der Waals surface area contributed by atoms with Gasteiger partial charge in [0, 0.05) is 55.6 Å². The summed E-state index contributed by atoms with van der Waals surface area (Å²) in [6.45, 7) is 5.00. The first kappa shape index (κ1) is 19.2. The number of nitrogens with zero attached hydrogens (tertiary/aromatic N) is 4. The summed E-state index contributed by atoms with van der Waals surface area (Å²) in [4.78, 5) is 34.8. The van der Waals surface area contributed by atoms with Crippen LogP contribution in [0.15, 0.2) is 30.7 Å². The molecule has 8 heteroatoms. The van der Waals surface area contributed by atoms with Crippen molar-refractivity contribution in [1.82, 2.24) is 30.0 Å². The highest BCUT2D eigenvalue weighted by molar-refractivity contribution is 5.90. The third kappa shape index (κ3) is 3.39. The Hall–Kier alpha value is -3.16. The lowest BCUT2D eigenvalue weighted by molar-refractivity contribution is -0.129. The van der Waals surface area contributed by atoms with E-state index < -0.39 is 5.92 Å². The molecule has 29 heavy (non-hydrogen) atoms. The summed E-state index contributed by atoms with van der Waals surface area (Å²) in [6.07, 6.45) is 6.40. The quantitative estimate of drug-likeness (QED) is 0.667. The van der Waals surface area contributed by atoms with E-state index in [-0.39, 0.29) is 24.3 Å². The van der Waals surface area contributed by atoms with Crippen LogP contribution in [0.5, 0.6) is 0 Å². The SMILES string of the molecule is CCN1C(=O)C[C@H](C(=O)NCCc2c[nH]c3ncccc23)[C@H]1c1cnn(C)c1C. The van der Waals surface area contributed by atoms with Gasteiger partial charge in [-0.05, 0) is 38.0 Å². The van der Waals surface area contributed by atoms with Crippen molar-refractivity contribution in [2.24, 2.45) is 13.0 Å². The van der Waals surface area contributed by atoms with Gasteiger partial charge in [-0.1, -0.05) is 0 Å². The van der Waals surface area contributed by atoms with Gasteiger partial charge >= 0.3 is 0 Å². The second-order valence-corrected chi connectivity index (χ2v) is 7.50. The maximum Gasteiger partial charge on any atom is 0.226 e. The molecule has 2 amide bonds. The van der Waals surface area contributed by atoms with Crippen molar-refractivity contribution in [3.05, 3.63) is 47.5 Å². The molecule has 4 rings (SSSR count). The number of aromatic nitrogens is 4. The number of fused-ring (bicyclic) bond motifs is 1. The van der Waals surface area contributed by atoms with E-state index in [1.165, 1.54) is 0 Å². The second kappa shape index (κ2) is 7.69. The Morgan fingerprint density at radius 2 is 2.24 bits per heavy atom. The summed E-state index contributed by atoms with van der Waals surface area (Å²) in [5.41, 5.74) is 3.89. The fourth-order valence-electron chi connectivity index (χ4n) is 4.26. The Labute approximate surface area is 169 Å². The number of nitrogens with one attached hydrogen (secondary N) is 2. The van der Waals surface area contributed by atoms with Crippen molar-refractivity contribution in [3.63, 3.8) is 0 Å². The van der Waals surface area contributed by atoms with Gasteiger partial charge in [-0.2, -0.15) is 5.10 Å². The Balaban J connectivity index is 1.47. The molecule has 3 aromatic heterocycles. The monoisotopic (exact) mass is 394 g/mol. The number of H-pyrrole nitrogens is 1. The first-order chi connectivity index (χ1) is 14.0. The van der Waals surface area contributed by atoms with Gasteiger partial charge in [0.05, 0.1) is 18.2 Å². The molecule has 0 aromatic carbocycles. The number of hydrogen-bond acceptors (Lipinski definition) is 4. The van der Waals surface area contributed by atoms with Gasteiger partial charge in [-0.3, -0.25) is 14.3 Å². The number of likely N-dealkylation sites (tertiary alicyclic amines) is 1. The molecule has 1 fully saturated rings. The van der Waals surface area contributed by atoms with Crippen LogP contribution in [0.1, 0.15) is 36.2 Å². The maximum atomic E-state index is 13.0. The highest BCUT2D eigenvalue weighted by Crippen LogP contribution is 2.39. The molecular formula is C21H26N6O2. The van der Waals surface area contributed by atoms with Gasteiger partial charge < -0.3 is 15.2 Å². The minimum atomic E-state index is -0.407. The Morgan fingerprint density at radius 3 is 2.97 bits per heavy atom. The number of aryl methyl sites for hydroxylation is 1. The van der Waals surface area contributed by atoms with Crippen LogP contribution in [0.25, 0.3) is 11.0 Å². The van der Waals surface area contributed by atoms with Crippen molar-refractivity contribution in [3.8, 4) is 0 Å². The molecule has 4 heterocycles. The molecule has 3 aromatic rings. The summed E-state index contributed by atoms with van der Waals surface area (Å²) >= 11 is 0. The topological polar surface area (TPSA) is 95.9 Å². The van der Waals surface area contributed by atoms with E-state index in [1.54, 1.807) is 22.0 Å². The minimum absolute atomic E-state index is 0.0172. The number of carbonyl (C=O) groups is 2. The van der Waals surface area contributed by atoms with Crippen LogP contribution in [0.4, 0.5) is 0 Å². The highest BCUT2D eigenvalue weighted by Gasteiger charge is 2.44. The third-order valence-corrected chi connectivity index (χ3v) is 5.93. The maximum absolute atomic E-state index is 13.0. The fraction of sp³-hybridized carbons (Fsp3) is 0.429. The predicted octanol–water partition coefficient (Wildman–Crippen LogP) is 1.87. The van der Waals surface area contributed by atoms with E-state index in [0.29, 0.717) is 19.5 Å². The van der Waals surface area contributed by atoms with E-state index in [1.807, 2.05) is 39.2 Å². The summed E-state index contributed by atoms with van der Waals surface area (Å²) in [5, 5.41) is 8.42. The van der Waals surface area contributed by atoms with E-state index in [9.17, 15) is 9.59 Å². The smallest absolute Gasteiger partial charge is 0.226 e. The van der Waals surface area contributed by atoms with Crippen molar-refractivity contribution in [1.29, 1.82) is 0 Å². The van der Waals surface area contributed by atoms with E-state index in [0.717, 1.165) is 27.9 Å². The summed E-state index contributed by atoms with van der Waals surface area (Å²) in [6, 6.07) is 3.66. The summed E-state index contributed by atoms with van der Waals surface area (Å²) in [7, 11) is 1.87. The normalized spacial score (nSPS) is 19.3. The van der Waals surface area contributed by atoms with Gasteiger partial charge in [0.25, 0.3) is 0 Å². The second-order valence-electron chi connectivity index (χ2n) is 7.50.